The van der Waals surface area contributed by atoms with Crippen molar-refractivity contribution < 1.29 is 53.9 Å². The Hall–Kier alpha value is -4.07. The van der Waals surface area contributed by atoms with Crippen molar-refractivity contribution in [2.75, 3.05) is 13.1 Å². The molecular weight excluding hydrogens is 595 g/mol. The van der Waals surface area contributed by atoms with Crippen LogP contribution < -0.4 is 10.6 Å². The minimum atomic E-state index is -5.27. The van der Waals surface area contributed by atoms with Crippen LogP contribution in [-0.4, -0.2) is 43.0 Å². The molecule has 0 aliphatic carbocycles. The molecule has 2 amide bonds. The molecule has 5 nitrogen and oxygen atoms in total. The third-order valence-electron chi connectivity index (χ3n) is 5.45. The number of allylic oxidation sites excluding steroid dienone is 2. The summed E-state index contributed by atoms with van der Waals surface area (Å²) in [6.07, 6.45) is -14.9. The summed E-state index contributed by atoms with van der Waals surface area (Å²) >= 11 is 5.62. The Bertz CT molecular complexity index is 1530. The van der Waals surface area contributed by atoms with Gasteiger partial charge < -0.3 is 10.6 Å². The van der Waals surface area contributed by atoms with Gasteiger partial charge in [-0.15, -0.1) is 0 Å². The molecule has 0 saturated heterocycles. The van der Waals surface area contributed by atoms with Gasteiger partial charge in [0.25, 0.3) is 5.91 Å². The van der Waals surface area contributed by atoms with Crippen LogP contribution >= 0.6 is 11.6 Å². The molecule has 0 heterocycles. The number of rotatable bonds is 7. The van der Waals surface area contributed by atoms with Gasteiger partial charge in [0.2, 0.25) is 5.91 Å². The average molecular weight is 611 g/mol. The standard InChI is InChI=1S/C26H16ClF9N2O3/c27-15-8-13(7-14(9-15)25(31,32)33)20(26(34,35)36)10-21(39)18-5-6-19(17-4-2-1-3-16(17)18)23(41)37-11-22(40)38-12-24(28,29)30/h1-10H,11-12H2,(H,37,41)(H,38,40)/b20-10-. The van der Waals surface area contributed by atoms with Crippen LogP contribution in [0.5, 0.6) is 0 Å². The zero-order valence-electron chi connectivity index (χ0n) is 20.2. The predicted octanol–water partition coefficient (Wildman–Crippen LogP) is 6.75. The van der Waals surface area contributed by atoms with Gasteiger partial charge >= 0.3 is 18.5 Å². The fourth-order valence-corrected chi connectivity index (χ4v) is 3.91. The first-order chi connectivity index (χ1) is 18.9. The lowest BCUT2D eigenvalue weighted by atomic mass is 9.94. The summed E-state index contributed by atoms with van der Waals surface area (Å²) in [5.74, 6) is -3.35. The van der Waals surface area contributed by atoms with Crippen LogP contribution in [0.25, 0.3) is 16.3 Å². The van der Waals surface area contributed by atoms with E-state index in [1.54, 1.807) is 5.32 Å². The van der Waals surface area contributed by atoms with E-state index in [-0.39, 0.29) is 34.0 Å². The van der Waals surface area contributed by atoms with Gasteiger partial charge in [-0.3, -0.25) is 14.4 Å². The topological polar surface area (TPSA) is 75.3 Å². The lowest BCUT2D eigenvalue weighted by Crippen LogP contribution is -2.40. The number of fused-ring (bicyclic) bond motifs is 1. The number of carbonyl (C=O) groups excluding carboxylic acids is 3. The van der Waals surface area contributed by atoms with Gasteiger partial charge in [-0.25, -0.2) is 0 Å². The number of nitrogens with one attached hydrogen (secondary N) is 2. The minimum Gasteiger partial charge on any atom is -0.345 e. The van der Waals surface area contributed by atoms with Gasteiger partial charge in [-0.05, 0) is 52.7 Å². The second-order valence-corrected chi connectivity index (χ2v) is 8.86. The third kappa shape index (κ3) is 8.22. The van der Waals surface area contributed by atoms with Crippen molar-refractivity contribution in [1.29, 1.82) is 0 Å². The molecule has 0 aliphatic heterocycles. The van der Waals surface area contributed by atoms with E-state index < -0.39 is 70.9 Å². The molecule has 3 aromatic rings. The summed E-state index contributed by atoms with van der Waals surface area (Å²) in [5.41, 5.74) is -4.68. The fourth-order valence-electron chi connectivity index (χ4n) is 3.68. The first kappa shape index (κ1) is 31.5. The zero-order chi connectivity index (χ0) is 30.8. The maximum atomic E-state index is 13.9. The quantitative estimate of drug-likeness (QED) is 0.177. The Kier molecular flexibility index (Phi) is 9.06. The number of halogens is 10. The van der Waals surface area contributed by atoms with Gasteiger partial charge in [-0.2, -0.15) is 39.5 Å². The number of amides is 2. The largest absolute Gasteiger partial charge is 0.417 e. The summed E-state index contributed by atoms with van der Waals surface area (Å²) in [7, 11) is 0. The molecule has 0 aliphatic rings. The molecule has 0 unspecified atom stereocenters. The number of hydrogen-bond donors (Lipinski definition) is 2. The number of carbonyl (C=O) groups is 3. The lowest BCUT2D eigenvalue weighted by Gasteiger charge is -2.15. The molecule has 0 saturated carbocycles. The Morgan fingerprint density at radius 1 is 0.780 bits per heavy atom. The second-order valence-electron chi connectivity index (χ2n) is 8.43. The fraction of sp³-hybridized carbons (Fsp3) is 0.192. The van der Waals surface area contributed by atoms with Crippen molar-refractivity contribution in [1.82, 2.24) is 10.6 Å². The third-order valence-corrected chi connectivity index (χ3v) is 5.66. The van der Waals surface area contributed by atoms with Crippen molar-refractivity contribution in [3.05, 3.63) is 87.9 Å². The van der Waals surface area contributed by atoms with Gasteiger partial charge in [0.05, 0.1) is 17.7 Å². The van der Waals surface area contributed by atoms with Crippen LogP contribution in [0.1, 0.15) is 31.8 Å². The maximum Gasteiger partial charge on any atom is 0.417 e. The summed E-state index contributed by atoms with van der Waals surface area (Å²) in [5, 5.41) is 3.03. The molecule has 0 bridgehead atoms. The van der Waals surface area contributed by atoms with Crippen molar-refractivity contribution in [3.8, 4) is 0 Å². The molecule has 3 aromatic carbocycles. The van der Waals surface area contributed by atoms with Crippen LogP contribution in [0.4, 0.5) is 39.5 Å². The number of benzene rings is 3. The smallest absolute Gasteiger partial charge is 0.345 e. The Labute approximate surface area is 230 Å². The molecule has 41 heavy (non-hydrogen) atoms. The van der Waals surface area contributed by atoms with Gasteiger partial charge in [0.1, 0.15) is 6.54 Å². The molecule has 0 aromatic heterocycles. The van der Waals surface area contributed by atoms with Gasteiger partial charge in [-0.1, -0.05) is 35.9 Å². The lowest BCUT2D eigenvalue weighted by molar-refractivity contribution is -0.137. The number of ketones is 1. The highest BCUT2D eigenvalue weighted by Gasteiger charge is 2.38. The van der Waals surface area contributed by atoms with E-state index in [0.29, 0.717) is 12.1 Å². The van der Waals surface area contributed by atoms with E-state index in [0.717, 1.165) is 12.1 Å². The molecule has 0 spiro atoms. The Morgan fingerprint density at radius 2 is 1.37 bits per heavy atom. The molecular formula is C26H16ClF9N2O3. The molecule has 0 fully saturated rings. The first-order valence-electron chi connectivity index (χ1n) is 11.2. The molecule has 15 heteroatoms. The molecule has 0 atom stereocenters. The number of alkyl halides is 9. The van der Waals surface area contributed by atoms with E-state index in [1.807, 2.05) is 0 Å². The monoisotopic (exact) mass is 610 g/mol. The predicted molar refractivity (Wildman–Crippen MR) is 130 cm³/mol. The summed E-state index contributed by atoms with van der Waals surface area (Å²) < 4.78 is 118. The summed E-state index contributed by atoms with van der Waals surface area (Å²) in [4.78, 5) is 37.2. The van der Waals surface area contributed by atoms with Crippen LogP contribution in [0.2, 0.25) is 5.02 Å². The summed E-state index contributed by atoms with van der Waals surface area (Å²) in [6, 6.07) is 8.72. The van der Waals surface area contributed by atoms with E-state index in [4.69, 9.17) is 11.6 Å². The molecule has 2 N–H and O–H groups in total. The highest BCUT2D eigenvalue weighted by molar-refractivity contribution is 6.31. The van der Waals surface area contributed by atoms with Crippen molar-refractivity contribution in [3.63, 3.8) is 0 Å². The molecule has 0 radical (unpaired) electrons. The zero-order valence-corrected chi connectivity index (χ0v) is 20.9. The SMILES string of the molecule is O=C(CNC(=O)c1ccc(C(=O)/C=C(/c2cc(Cl)cc(C(F)(F)F)c2)C(F)(F)F)c2ccccc12)NCC(F)(F)F. The second kappa shape index (κ2) is 11.8. The highest BCUT2D eigenvalue weighted by Crippen LogP contribution is 2.39. The van der Waals surface area contributed by atoms with Crippen LogP contribution in [0.15, 0.2) is 60.7 Å². The van der Waals surface area contributed by atoms with E-state index in [2.05, 4.69) is 5.32 Å². The van der Waals surface area contributed by atoms with E-state index >= 15 is 0 Å². The van der Waals surface area contributed by atoms with Crippen molar-refractivity contribution >= 4 is 45.5 Å². The number of hydrogen-bond acceptors (Lipinski definition) is 3. The van der Waals surface area contributed by atoms with E-state index in [1.165, 1.54) is 24.3 Å². The maximum absolute atomic E-state index is 13.9. The van der Waals surface area contributed by atoms with E-state index in [9.17, 15) is 53.9 Å². The average Bonchev–Trinajstić information content (AvgIpc) is 2.86. The minimum absolute atomic E-state index is 0.0217. The Balaban J connectivity index is 1.98. The molecule has 3 rings (SSSR count). The Morgan fingerprint density at radius 3 is 1.93 bits per heavy atom. The van der Waals surface area contributed by atoms with Crippen molar-refractivity contribution in [2.45, 2.75) is 18.5 Å². The van der Waals surface area contributed by atoms with Crippen LogP contribution in [0, 0.1) is 0 Å². The normalized spacial score (nSPS) is 12.8. The summed E-state index contributed by atoms with van der Waals surface area (Å²) in [6.45, 7) is -2.46. The van der Waals surface area contributed by atoms with Crippen LogP contribution in [-0.2, 0) is 11.0 Å². The van der Waals surface area contributed by atoms with Crippen LogP contribution in [0.3, 0.4) is 0 Å². The first-order valence-corrected chi connectivity index (χ1v) is 11.6. The van der Waals surface area contributed by atoms with Gasteiger partial charge in [0.15, 0.2) is 5.78 Å². The molecule has 218 valence electrons. The van der Waals surface area contributed by atoms with Crippen molar-refractivity contribution in [2.24, 2.45) is 0 Å². The van der Waals surface area contributed by atoms with Gasteiger partial charge in [0, 0.05) is 16.1 Å². The highest BCUT2D eigenvalue weighted by atomic mass is 35.5.